The Labute approximate surface area is 117 Å². The molecule has 0 amide bonds. The smallest absolute Gasteiger partial charge is 0.249 e. The van der Waals surface area contributed by atoms with Gasteiger partial charge in [-0.3, -0.25) is 0 Å². The van der Waals surface area contributed by atoms with E-state index < -0.39 is 0 Å². The molecule has 0 aliphatic heterocycles. The van der Waals surface area contributed by atoms with Gasteiger partial charge in [0.1, 0.15) is 12.1 Å². The second kappa shape index (κ2) is 5.41. The van der Waals surface area contributed by atoms with E-state index in [1.807, 2.05) is 0 Å². The van der Waals surface area contributed by atoms with Crippen LogP contribution in [0, 0.1) is 0 Å². The third-order valence-electron chi connectivity index (χ3n) is 2.10. The van der Waals surface area contributed by atoms with Crippen molar-refractivity contribution in [3.8, 4) is 17.5 Å². The van der Waals surface area contributed by atoms with Gasteiger partial charge in [0.2, 0.25) is 11.8 Å². The molecule has 2 aromatic rings. The summed E-state index contributed by atoms with van der Waals surface area (Å²) in [6.07, 6.45) is 1.30. The summed E-state index contributed by atoms with van der Waals surface area (Å²) in [6.45, 7) is 0. The predicted molar refractivity (Wildman–Crippen MR) is 72.2 cm³/mol. The van der Waals surface area contributed by atoms with Crippen LogP contribution in [0.2, 0.25) is 5.02 Å². The Morgan fingerprint density at radius 1 is 1.28 bits per heavy atom. The fourth-order valence-corrected chi connectivity index (χ4v) is 1.98. The average molecular weight is 331 g/mol. The molecule has 0 aliphatic carbocycles. The number of rotatable bonds is 3. The fraction of sp³-hybridized carbons (Fsp3) is 0.0909. The van der Waals surface area contributed by atoms with Gasteiger partial charge in [0.15, 0.2) is 5.69 Å². The topological polar surface area (TPSA) is 70.3 Å². The van der Waals surface area contributed by atoms with Crippen molar-refractivity contribution in [1.82, 2.24) is 9.97 Å². The average Bonchev–Trinajstić information content (AvgIpc) is 2.35. The first kappa shape index (κ1) is 12.9. The maximum atomic E-state index is 6.03. The minimum atomic E-state index is 0.200. The van der Waals surface area contributed by atoms with Gasteiger partial charge in [0.25, 0.3) is 0 Å². The van der Waals surface area contributed by atoms with Crippen LogP contribution < -0.4 is 15.2 Å². The highest BCUT2D eigenvalue weighted by Gasteiger charge is 2.12. The zero-order chi connectivity index (χ0) is 13.1. The minimum Gasteiger partial charge on any atom is -0.479 e. The second-order valence-electron chi connectivity index (χ2n) is 3.28. The number of benzene rings is 1. The molecule has 2 N–H and O–H groups in total. The fourth-order valence-electron chi connectivity index (χ4n) is 1.27. The third-order valence-corrected chi connectivity index (χ3v) is 2.89. The molecule has 18 heavy (non-hydrogen) atoms. The van der Waals surface area contributed by atoms with E-state index in [1.165, 1.54) is 13.4 Å². The first-order chi connectivity index (χ1) is 8.61. The van der Waals surface area contributed by atoms with Crippen molar-refractivity contribution in [2.75, 3.05) is 12.8 Å². The SMILES string of the molecule is COc1ncnc(Oc2ccc(Br)cc2Cl)c1N. The quantitative estimate of drug-likeness (QED) is 0.935. The van der Waals surface area contributed by atoms with E-state index in [4.69, 9.17) is 26.8 Å². The van der Waals surface area contributed by atoms with Crippen LogP contribution in [0.15, 0.2) is 29.0 Å². The number of hydrogen-bond acceptors (Lipinski definition) is 5. The third kappa shape index (κ3) is 2.65. The molecule has 1 aromatic carbocycles. The molecule has 0 bridgehead atoms. The highest BCUT2D eigenvalue weighted by Crippen LogP contribution is 2.35. The summed E-state index contributed by atoms with van der Waals surface area (Å²) in [4.78, 5) is 7.79. The van der Waals surface area contributed by atoms with Crippen molar-refractivity contribution in [3.63, 3.8) is 0 Å². The number of aromatic nitrogens is 2. The summed E-state index contributed by atoms with van der Waals surface area (Å²) in [5, 5.41) is 0.446. The molecule has 0 saturated carbocycles. The van der Waals surface area contributed by atoms with E-state index in [1.54, 1.807) is 18.2 Å². The van der Waals surface area contributed by atoms with E-state index in [-0.39, 0.29) is 17.4 Å². The minimum absolute atomic E-state index is 0.200. The number of hydrogen-bond donors (Lipinski definition) is 1. The molecule has 1 aromatic heterocycles. The van der Waals surface area contributed by atoms with Crippen molar-refractivity contribution in [3.05, 3.63) is 34.0 Å². The Hall–Kier alpha value is -1.53. The van der Waals surface area contributed by atoms with Crippen LogP contribution >= 0.6 is 27.5 Å². The van der Waals surface area contributed by atoms with Crippen LogP contribution in [0.4, 0.5) is 5.69 Å². The lowest BCUT2D eigenvalue weighted by Crippen LogP contribution is -2.00. The van der Waals surface area contributed by atoms with Gasteiger partial charge in [0.05, 0.1) is 12.1 Å². The van der Waals surface area contributed by atoms with Gasteiger partial charge >= 0.3 is 0 Å². The molecule has 1 heterocycles. The normalized spacial score (nSPS) is 10.2. The first-order valence-electron chi connectivity index (χ1n) is 4.89. The monoisotopic (exact) mass is 329 g/mol. The summed E-state index contributed by atoms with van der Waals surface area (Å²) in [6, 6.07) is 5.22. The van der Waals surface area contributed by atoms with Gasteiger partial charge in [-0.1, -0.05) is 27.5 Å². The molecule has 5 nitrogen and oxygen atoms in total. The first-order valence-corrected chi connectivity index (χ1v) is 6.06. The number of nitrogens with zero attached hydrogens (tertiary/aromatic N) is 2. The molecule has 0 saturated heterocycles. The maximum absolute atomic E-state index is 6.03. The number of halogens is 2. The summed E-state index contributed by atoms with van der Waals surface area (Å²) < 4.78 is 11.4. The lowest BCUT2D eigenvalue weighted by atomic mass is 10.3. The summed E-state index contributed by atoms with van der Waals surface area (Å²) in [5.41, 5.74) is 6.02. The van der Waals surface area contributed by atoms with Gasteiger partial charge in [-0.2, -0.15) is 9.97 Å². The molecule has 0 radical (unpaired) electrons. The Bertz CT molecular complexity index is 580. The summed E-state index contributed by atoms with van der Waals surface area (Å²) in [7, 11) is 1.47. The molecule has 94 valence electrons. The summed E-state index contributed by atoms with van der Waals surface area (Å²) >= 11 is 9.34. The molecule has 0 atom stereocenters. The van der Waals surface area contributed by atoms with E-state index in [2.05, 4.69) is 25.9 Å². The van der Waals surface area contributed by atoms with Crippen LogP contribution in [0.3, 0.4) is 0 Å². The Morgan fingerprint density at radius 3 is 2.67 bits per heavy atom. The highest BCUT2D eigenvalue weighted by molar-refractivity contribution is 9.10. The molecule has 7 heteroatoms. The van der Waals surface area contributed by atoms with Crippen molar-refractivity contribution >= 4 is 33.2 Å². The lowest BCUT2D eigenvalue weighted by molar-refractivity contribution is 0.391. The predicted octanol–water partition coefficient (Wildman–Crippen LogP) is 3.28. The van der Waals surface area contributed by atoms with Gasteiger partial charge in [-0.15, -0.1) is 0 Å². The van der Waals surface area contributed by atoms with Crippen LogP contribution in [-0.4, -0.2) is 17.1 Å². The maximum Gasteiger partial charge on any atom is 0.249 e. The van der Waals surface area contributed by atoms with E-state index in [0.29, 0.717) is 10.8 Å². The van der Waals surface area contributed by atoms with Gasteiger partial charge in [0, 0.05) is 4.47 Å². The largest absolute Gasteiger partial charge is 0.479 e. The van der Waals surface area contributed by atoms with Crippen LogP contribution in [-0.2, 0) is 0 Å². The molecule has 0 spiro atoms. The zero-order valence-corrected chi connectivity index (χ0v) is 11.7. The van der Waals surface area contributed by atoms with E-state index in [0.717, 1.165) is 4.47 Å². The Morgan fingerprint density at radius 2 is 2.00 bits per heavy atom. The molecular weight excluding hydrogens is 321 g/mol. The van der Waals surface area contributed by atoms with Crippen LogP contribution in [0.1, 0.15) is 0 Å². The molecular formula is C11H9BrClN3O2. The van der Waals surface area contributed by atoms with Crippen LogP contribution in [0.5, 0.6) is 17.5 Å². The number of nitrogens with two attached hydrogens (primary N) is 1. The van der Waals surface area contributed by atoms with E-state index in [9.17, 15) is 0 Å². The summed E-state index contributed by atoms with van der Waals surface area (Å²) in [5.74, 6) is 0.909. The Kier molecular flexibility index (Phi) is 3.88. The molecule has 0 unspecified atom stereocenters. The van der Waals surface area contributed by atoms with Crippen molar-refractivity contribution < 1.29 is 9.47 Å². The highest BCUT2D eigenvalue weighted by atomic mass is 79.9. The van der Waals surface area contributed by atoms with Crippen molar-refractivity contribution in [1.29, 1.82) is 0 Å². The standard InChI is InChI=1S/C11H9BrClN3O2/c1-17-10-9(14)11(16-5-15-10)18-8-3-2-6(12)4-7(8)13/h2-5H,14H2,1H3. The van der Waals surface area contributed by atoms with Crippen molar-refractivity contribution in [2.45, 2.75) is 0 Å². The van der Waals surface area contributed by atoms with Gasteiger partial charge in [-0.25, -0.2) is 0 Å². The molecule has 0 fully saturated rings. The molecule has 2 rings (SSSR count). The van der Waals surface area contributed by atoms with Gasteiger partial charge < -0.3 is 15.2 Å². The van der Waals surface area contributed by atoms with Crippen molar-refractivity contribution in [2.24, 2.45) is 0 Å². The molecule has 0 aliphatic rings. The zero-order valence-electron chi connectivity index (χ0n) is 9.35. The number of methoxy groups -OCH3 is 1. The second-order valence-corrected chi connectivity index (χ2v) is 4.60. The van der Waals surface area contributed by atoms with E-state index >= 15 is 0 Å². The Balaban J connectivity index is 2.34. The number of nitrogen functional groups attached to an aromatic ring is 1. The number of anilines is 1. The number of ether oxygens (including phenoxy) is 2. The lowest BCUT2D eigenvalue weighted by Gasteiger charge is -2.10. The van der Waals surface area contributed by atoms with Crippen LogP contribution in [0.25, 0.3) is 0 Å². The van der Waals surface area contributed by atoms with Gasteiger partial charge in [-0.05, 0) is 18.2 Å².